The minimum atomic E-state index is -0.165. The van der Waals surface area contributed by atoms with E-state index in [1.807, 2.05) is 47.9 Å². The van der Waals surface area contributed by atoms with E-state index >= 15 is 0 Å². The molecule has 7 nitrogen and oxygen atoms in total. The summed E-state index contributed by atoms with van der Waals surface area (Å²) in [6, 6.07) is 9.71. The van der Waals surface area contributed by atoms with Crippen molar-refractivity contribution < 1.29 is 4.79 Å². The van der Waals surface area contributed by atoms with Gasteiger partial charge in [-0.2, -0.15) is 0 Å². The molecule has 0 aliphatic carbocycles. The van der Waals surface area contributed by atoms with Gasteiger partial charge < -0.3 is 10.3 Å². The zero-order chi connectivity index (χ0) is 18.1. The molecule has 2 N–H and O–H groups in total. The average Bonchev–Trinajstić information content (AvgIpc) is 3.24. The van der Waals surface area contributed by atoms with E-state index in [2.05, 4.69) is 41.4 Å². The summed E-state index contributed by atoms with van der Waals surface area (Å²) >= 11 is 3.44. The molecule has 3 heterocycles. The van der Waals surface area contributed by atoms with Gasteiger partial charge in [0.25, 0.3) is 5.91 Å². The summed E-state index contributed by atoms with van der Waals surface area (Å²) in [5, 5.41) is 11.8. The minimum absolute atomic E-state index is 0.165. The highest BCUT2D eigenvalue weighted by Gasteiger charge is 2.15. The van der Waals surface area contributed by atoms with Crippen LogP contribution >= 0.6 is 15.9 Å². The number of para-hydroxylation sites is 2. The van der Waals surface area contributed by atoms with Gasteiger partial charge in [-0.1, -0.05) is 28.1 Å². The quantitative estimate of drug-likeness (QED) is 0.493. The molecule has 132 valence electrons. The number of aromatic nitrogens is 5. The first-order valence-corrected chi connectivity index (χ1v) is 9.40. The number of alkyl halides is 1. The zero-order valence-corrected chi connectivity index (χ0v) is 15.7. The standard InChI is InChI=1S/C18H17BrN6O/c1-11-23-24-17-13(8-12(9-19)10-25(11)17)18(26)20-7-6-16-21-14-4-2-3-5-15(14)22-16/h2-5,8,10H,6-7,9H2,1H3,(H,20,26)(H,21,22). The SMILES string of the molecule is Cc1nnc2c(C(=O)NCCc3nc4ccccc4[nH]3)cc(CBr)cn12. The van der Waals surface area contributed by atoms with Gasteiger partial charge in [0.05, 0.1) is 16.6 Å². The van der Waals surface area contributed by atoms with Crippen LogP contribution in [0.5, 0.6) is 0 Å². The largest absolute Gasteiger partial charge is 0.351 e. The van der Waals surface area contributed by atoms with E-state index in [-0.39, 0.29) is 5.91 Å². The van der Waals surface area contributed by atoms with Gasteiger partial charge >= 0.3 is 0 Å². The number of aryl methyl sites for hydroxylation is 1. The first kappa shape index (κ1) is 16.7. The molecule has 0 aliphatic rings. The molecule has 0 saturated heterocycles. The highest BCUT2D eigenvalue weighted by Crippen LogP contribution is 2.16. The second-order valence-electron chi connectivity index (χ2n) is 6.04. The van der Waals surface area contributed by atoms with Crippen molar-refractivity contribution in [3.05, 3.63) is 59.3 Å². The van der Waals surface area contributed by atoms with E-state index in [0.29, 0.717) is 29.5 Å². The molecule has 8 heteroatoms. The number of aromatic amines is 1. The van der Waals surface area contributed by atoms with Crippen LogP contribution in [0.4, 0.5) is 0 Å². The summed E-state index contributed by atoms with van der Waals surface area (Å²) in [6.45, 7) is 2.34. The van der Waals surface area contributed by atoms with Crippen LogP contribution < -0.4 is 5.32 Å². The molecule has 0 unspecified atom stereocenters. The molecular weight excluding hydrogens is 396 g/mol. The van der Waals surface area contributed by atoms with Crippen LogP contribution in [0.25, 0.3) is 16.7 Å². The van der Waals surface area contributed by atoms with Gasteiger partial charge in [0.2, 0.25) is 0 Å². The van der Waals surface area contributed by atoms with Crippen LogP contribution in [-0.2, 0) is 11.8 Å². The number of H-pyrrole nitrogens is 1. The van der Waals surface area contributed by atoms with E-state index in [1.165, 1.54) is 0 Å². The van der Waals surface area contributed by atoms with Crippen LogP contribution in [0.1, 0.15) is 27.6 Å². The minimum Gasteiger partial charge on any atom is -0.351 e. The third-order valence-corrected chi connectivity index (χ3v) is 4.86. The number of fused-ring (bicyclic) bond motifs is 2. The summed E-state index contributed by atoms with van der Waals surface area (Å²) in [6.07, 6.45) is 2.56. The first-order chi connectivity index (χ1) is 12.7. The molecule has 1 amide bonds. The number of nitrogens with zero attached hydrogens (tertiary/aromatic N) is 4. The van der Waals surface area contributed by atoms with Crippen LogP contribution in [0.15, 0.2) is 36.5 Å². The van der Waals surface area contributed by atoms with E-state index in [9.17, 15) is 4.79 Å². The molecule has 0 radical (unpaired) electrons. The molecule has 0 atom stereocenters. The molecule has 0 spiro atoms. The summed E-state index contributed by atoms with van der Waals surface area (Å²) in [4.78, 5) is 20.4. The highest BCUT2D eigenvalue weighted by molar-refractivity contribution is 9.08. The Balaban J connectivity index is 1.50. The highest BCUT2D eigenvalue weighted by atomic mass is 79.9. The monoisotopic (exact) mass is 412 g/mol. The Kier molecular flexibility index (Phi) is 4.42. The van der Waals surface area contributed by atoms with Crippen molar-refractivity contribution in [2.75, 3.05) is 6.54 Å². The normalized spacial score (nSPS) is 11.3. The molecule has 0 fully saturated rings. The van der Waals surface area contributed by atoms with Crippen molar-refractivity contribution in [2.45, 2.75) is 18.7 Å². The van der Waals surface area contributed by atoms with E-state index in [0.717, 1.165) is 28.2 Å². The van der Waals surface area contributed by atoms with Crippen LogP contribution in [-0.4, -0.2) is 37.0 Å². The Morgan fingerprint density at radius 3 is 2.96 bits per heavy atom. The molecule has 4 aromatic rings. The Morgan fingerprint density at radius 1 is 1.31 bits per heavy atom. The zero-order valence-electron chi connectivity index (χ0n) is 14.2. The topological polar surface area (TPSA) is 88.0 Å². The smallest absolute Gasteiger partial charge is 0.255 e. The first-order valence-electron chi connectivity index (χ1n) is 8.28. The lowest BCUT2D eigenvalue weighted by molar-refractivity contribution is 0.0955. The molecule has 26 heavy (non-hydrogen) atoms. The lowest BCUT2D eigenvalue weighted by Gasteiger charge is -2.07. The Hall–Kier alpha value is -2.74. The lowest BCUT2D eigenvalue weighted by atomic mass is 10.2. The summed E-state index contributed by atoms with van der Waals surface area (Å²) in [5.41, 5.74) is 4.00. The second-order valence-corrected chi connectivity index (χ2v) is 6.60. The van der Waals surface area contributed by atoms with Gasteiger partial charge in [0, 0.05) is 24.5 Å². The Morgan fingerprint density at radius 2 is 2.15 bits per heavy atom. The predicted molar refractivity (Wildman–Crippen MR) is 102 cm³/mol. The number of benzene rings is 1. The Bertz CT molecular complexity index is 1070. The molecule has 0 aliphatic heterocycles. The van der Waals surface area contributed by atoms with Gasteiger partial charge in [0.15, 0.2) is 5.65 Å². The number of halogens is 1. The summed E-state index contributed by atoms with van der Waals surface area (Å²) in [5.74, 6) is 1.43. The van der Waals surface area contributed by atoms with Crippen molar-refractivity contribution in [3.63, 3.8) is 0 Å². The van der Waals surface area contributed by atoms with Gasteiger partial charge in [-0.05, 0) is 30.7 Å². The third kappa shape index (κ3) is 3.08. The summed E-state index contributed by atoms with van der Waals surface area (Å²) < 4.78 is 1.84. The fourth-order valence-electron chi connectivity index (χ4n) is 2.91. The van der Waals surface area contributed by atoms with Crippen LogP contribution in [0, 0.1) is 6.92 Å². The van der Waals surface area contributed by atoms with Crippen molar-refractivity contribution >= 4 is 38.5 Å². The molecule has 0 saturated carbocycles. The number of carbonyl (C=O) groups is 1. The lowest BCUT2D eigenvalue weighted by Crippen LogP contribution is -2.26. The van der Waals surface area contributed by atoms with Gasteiger partial charge in [-0.15, -0.1) is 10.2 Å². The average molecular weight is 413 g/mol. The Labute approximate surface area is 158 Å². The van der Waals surface area contributed by atoms with Gasteiger partial charge in [-0.3, -0.25) is 9.20 Å². The maximum absolute atomic E-state index is 12.7. The van der Waals surface area contributed by atoms with Crippen molar-refractivity contribution in [1.82, 2.24) is 29.9 Å². The van der Waals surface area contributed by atoms with Gasteiger partial charge in [0.1, 0.15) is 11.6 Å². The van der Waals surface area contributed by atoms with Gasteiger partial charge in [-0.25, -0.2) is 4.98 Å². The predicted octanol–water partition coefficient (Wildman–Crippen LogP) is 2.78. The number of hydrogen-bond acceptors (Lipinski definition) is 4. The maximum Gasteiger partial charge on any atom is 0.255 e. The van der Waals surface area contributed by atoms with Crippen molar-refractivity contribution in [2.24, 2.45) is 0 Å². The molecule has 1 aromatic carbocycles. The molecule has 0 bridgehead atoms. The number of nitrogens with one attached hydrogen (secondary N) is 2. The number of rotatable bonds is 5. The number of pyridine rings is 1. The number of amides is 1. The second kappa shape index (κ2) is 6.87. The maximum atomic E-state index is 12.7. The number of hydrogen-bond donors (Lipinski definition) is 2. The van der Waals surface area contributed by atoms with E-state index in [1.54, 1.807) is 0 Å². The molecule has 3 aromatic heterocycles. The van der Waals surface area contributed by atoms with Crippen molar-refractivity contribution in [3.8, 4) is 0 Å². The third-order valence-electron chi connectivity index (χ3n) is 4.22. The number of carbonyl (C=O) groups excluding carboxylic acids is 1. The van der Waals surface area contributed by atoms with E-state index in [4.69, 9.17) is 0 Å². The molecule has 4 rings (SSSR count). The molecular formula is C18H17BrN6O. The fraction of sp³-hybridized carbons (Fsp3) is 0.222. The van der Waals surface area contributed by atoms with Crippen LogP contribution in [0.2, 0.25) is 0 Å². The van der Waals surface area contributed by atoms with Crippen LogP contribution in [0.3, 0.4) is 0 Å². The van der Waals surface area contributed by atoms with Crippen molar-refractivity contribution in [1.29, 1.82) is 0 Å². The fourth-order valence-corrected chi connectivity index (χ4v) is 3.22. The van der Waals surface area contributed by atoms with E-state index < -0.39 is 0 Å². The summed E-state index contributed by atoms with van der Waals surface area (Å²) in [7, 11) is 0. The number of imidazole rings is 1.